The number of methoxy groups -OCH3 is 1. The number of benzene rings is 3. The van der Waals surface area contributed by atoms with Gasteiger partial charge in [-0.2, -0.15) is 0 Å². The van der Waals surface area contributed by atoms with E-state index in [0.717, 1.165) is 16.9 Å². The number of amides is 2. The Balaban J connectivity index is 1.60. The van der Waals surface area contributed by atoms with Gasteiger partial charge in [0.15, 0.2) is 0 Å². The van der Waals surface area contributed by atoms with Crippen molar-refractivity contribution in [3.05, 3.63) is 102 Å². The van der Waals surface area contributed by atoms with Crippen LogP contribution in [0.2, 0.25) is 0 Å². The molecule has 3 aromatic rings. The van der Waals surface area contributed by atoms with Crippen molar-refractivity contribution < 1.29 is 14.3 Å². The normalized spacial score (nSPS) is 17.8. The second kappa shape index (κ2) is 9.69. The van der Waals surface area contributed by atoms with Crippen molar-refractivity contribution in [2.24, 2.45) is 5.92 Å². The molecule has 0 spiro atoms. The van der Waals surface area contributed by atoms with Gasteiger partial charge in [-0.3, -0.25) is 9.59 Å². The number of hydrogen-bond donors (Lipinski definition) is 0. The molecule has 2 amide bonds. The first-order chi connectivity index (χ1) is 15.6. The highest BCUT2D eigenvalue weighted by molar-refractivity contribution is 5.95. The maximum Gasteiger partial charge on any atom is 0.253 e. The van der Waals surface area contributed by atoms with Gasteiger partial charge in [0.05, 0.1) is 13.0 Å². The number of rotatable bonds is 6. The van der Waals surface area contributed by atoms with Crippen molar-refractivity contribution in [2.45, 2.75) is 12.5 Å². The van der Waals surface area contributed by atoms with Crippen molar-refractivity contribution >= 4 is 11.8 Å². The lowest BCUT2D eigenvalue weighted by atomic mass is 9.88. The van der Waals surface area contributed by atoms with Crippen LogP contribution in [0.4, 0.5) is 0 Å². The van der Waals surface area contributed by atoms with Gasteiger partial charge in [0.2, 0.25) is 5.91 Å². The van der Waals surface area contributed by atoms with Crippen LogP contribution in [0.25, 0.3) is 0 Å². The molecule has 1 heterocycles. The summed E-state index contributed by atoms with van der Waals surface area (Å²) in [7, 11) is 3.47. The number of carbonyl (C=O) groups is 2. The minimum absolute atomic E-state index is 0.0421. The largest absolute Gasteiger partial charge is 0.497 e. The van der Waals surface area contributed by atoms with Gasteiger partial charge in [0.25, 0.3) is 5.91 Å². The van der Waals surface area contributed by atoms with Crippen LogP contribution in [0, 0.1) is 5.92 Å². The first kappa shape index (κ1) is 21.6. The van der Waals surface area contributed by atoms with Crippen LogP contribution in [-0.4, -0.2) is 48.9 Å². The fourth-order valence-electron chi connectivity index (χ4n) is 4.41. The first-order valence-electron chi connectivity index (χ1n) is 10.8. The SMILES string of the molecule is COc1cccc([C@H]2CN(C(=O)c3ccccc3)C[C@H]2C(=O)N(C)Cc2ccccc2)c1. The molecule has 0 radical (unpaired) electrons. The predicted octanol–water partition coefficient (Wildman–Crippen LogP) is 4.21. The number of nitrogens with zero attached hydrogens (tertiary/aromatic N) is 2. The molecule has 0 saturated carbocycles. The molecule has 3 aromatic carbocycles. The summed E-state index contributed by atoms with van der Waals surface area (Å²) in [6.07, 6.45) is 0. The molecule has 5 heteroatoms. The lowest BCUT2D eigenvalue weighted by molar-refractivity contribution is -0.134. The molecule has 0 aromatic heterocycles. The Morgan fingerprint density at radius 3 is 2.31 bits per heavy atom. The molecule has 1 fully saturated rings. The molecular weight excluding hydrogens is 400 g/mol. The molecule has 0 aliphatic carbocycles. The van der Waals surface area contributed by atoms with E-state index in [0.29, 0.717) is 25.2 Å². The van der Waals surface area contributed by atoms with Crippen LogP contribution in [0.3, 0.4) is 0 Å². The molecule has 0 N–H and O–H groups in total. The Morgan fingerprint density at radius 2 is 1.62 bits per heavy atom. The van der Waals surface area contributed by atoms with Crippen LogP contribution >= 0.6 is 0 Å². The van der Waals surface area contributed by atoms with E-state index in [1.165, 1.54) is 0 Å². The topological polar surface area (TPSA) is 49.9 Å². The Labute approximate surface area is 189 Å². The van der Waals surface area contributed by atoms with Gasteiger partial charge in [-0.05, 0) is 35.4 Å². The molecule has 32 heavy (non-hydrogen) atoms. The van der Waals surface area contributed by atoms with Crippen molar-refractivity contribution in [3.63, 3.8) is 0 Å². The fraction of sp³-hybridized carbons (Fsp3) is 0.259. The molecule has 1 saturated heterocycles. The van der Waals surface area contributed by atoms with Crippen LogP contribution < -0.4 is 4.74 Å². The number of hydrogen-bond acceptors (Lipinski definition) is 3. The van der Waals surface area contributed by atoms with E-state index in [2.05, 4.69) is 0 Å². The third-order valence-corrected chi connectivity index (χ3v) is 6.11. The summed E-state index contributed by atoms with van der Waals surface area (Å²) in [5, 5.41) is 0. The molecule has 2 atom stereocenters. The average molecular weight is 429 g/mol. The molecule has 0 unspecified atom stereocenters. The van der Waals surface area contributed by atoms with Gasteiger partial charge in [-0.15, -0.1) is 0 Å². The van der Waals surface area contributed by atoms with Crippen LogP contribution in [0.1, 0.15) is 27.4 Å². The van der Waals surface area contributed by atoms with E-state index in [1.54, 1.807) is 16.9 Å². The van der Waals surface area contributed by atoms with E-state index in [4.69, 9.17) is 4.74 Å². The smallest absolute Gasteiger partial charge is 0.253 e. The molecular formula is C27H28N2O3. The van der Waals surface area contributed by atoms with Crippen molar-refractivity contribution in [1.82, 2.24) is 9.80 Å². The lowest BCUT2D eigenvalue weighted by Gasteiger charge is -2.25. The van der Waals surface area contributed by atoms with Gasteiger partial charge in [0.1, 0.15) is 5.75 Å². The molecule has 4 rings (SSSR count). The van der Waals surface area contributed by atoms with Crippen LogP contribution in [-0.2, 0) is 11.3 Å². The minimum atomic E-state index is -0.316. The maximum absolute atomic E-state index is 13.5. The Morgan fingerprint density at radius 1 is 0.938 bits per heavy atom. The van der Waals surface area contributed by atoms with Crippen molar-refractivity contribution in [3.8, 4) is 5.75 Å². The number of likely N-dealkylation sites (tertiary alicyclic amines) is 1. The molecule has 5 nitrogen and oxygen atoms in total. The Hall–Kier alpha value is -3.60. The van der Waals surface area contributed by atoms with Gasteiger partial charge in [-0.25, -0.2) is 0 Å². The highest BCUT2D eigenvalue weighted by Crippen LogP contribution is 2.36. The molecule has 1 aliphatic heterocycles. The summed E-state index contributed by atoms with van der Waals surface area (Å²) in [4.78, 5) is 30.3. The second-order valence-electron chi connectivity index (χ2n) is 8.25. The fourth-order valence-corrected chi connectivity index (χ4v) is 4.41. The van der Waals surface area contributed by atoms with E-state index in [1.807, 2.05) is 92.0 Å². The quantitative estimate of drug-likeness (QED) is 0.591. The number of carbonyl (C=O) groups excluding carboxylic acids is 2. The van der Waals surface area contributed by atoms with Crippen molar-refractivity contribution in [2.75, 3.05) is 27.2 Å². The molecule has 164 valence electrons. The maximum atomic E-state index is 13.5. The van der Waals surface area contributed by atoms with Crippen LogP contribution in [0.15, 0.2) is 84.9 Å². The third-order valence-electron chi connectivity index (χ3n) is 6.11. The first-order valence-corrected chi connectivity index (χ1v) is 10.8. The summed E-state index contributed by atoms with van der Waals surface area (Å²) in [6.45, 7) is 1.43. The van der Waals surface area contributed by atoms with Gasteiger partial charge in [0, 0.05) is 38.2 Å². The van der Waals surface area contributed by atoms with E-state index in [-0.39, 0.29) is 23.7 Å². The van der Waals surface area contributed by atoms with Gasteiger partial charge in [-0.1, -0.05) is 60.7 Å². The highest BCUT2D eigenvalue weighted by Gasteiger charge is 2.41. The summed E-state index contributed by atoms with van der Waals surface area (Å²) < 4.78 is 5.40. The minimum Gasteiger partial charge on any atom is -0.497 e. The molecule has 0 bridgehead atoms. The third kappa shape index (κ3) is 4.67. The summed E-state index contributed by atoms with van der Waals surface area (Å²) in [5.41, 5.74) is 2.73. The van der Waals surface area contributed by atoms with E-state index in [9.17, 15) is 9.59 Å². The standard InChI is InChI=1S/C27H28N2O3/c1-28(17-20-10-5-3-6-11-20)27(31)25-19-29(26(30)21-12-7-4-8-13-21)18-24(25)22-14-9-15-23(16-22)32-2/h3-16,24-25H,17-19H2,1-2H3/t24-,25-/m1/s1. The van der Waals surface area contributed by atoms with Gasteiger partial charge >= 0.3 is 0 Å². The van der Waals surface area contributed by atoms with E-state index < -0.39 is 0 Å². The molecule has 1 aliphatic rings. The summed E-state index contributed by atoms with van der Waals surface area (Å²) >= 11 is 0. The summed E-state index contributed by atoms with van der Waals surface area (Å²) in [6, 6.07) is 27.0. The average Bonchev–Trinajstić information content (AvgIpc) is 3.29. The Bertz CT molecular complexity index is 1070. The number of ether oxygens (including phenoxy) is 1. The zero-order valence-corrected chi connectivity index (χ0v) is 18.5. The van der Waals surface area contributed by atoms with Crippen LogP contribution in [0.5, 0.6) is 5.75 Å². The zero-order valence-electron chi connectivity index (χ0n) is 18.5. The predicted molar refractivity (Wildman–Crippen MR) is 124 cm³/mol. The summed E-state index contributed by atoms with van der Waals surface area (Å²) in [5.74, 6) is 0.343. The monoisotopic (exact) mass is 428 g/mol. The second-order valence-corrected chi connectivity index (χ2v) is 8.25. The van der Waals surface area contributed by atoms with Gasteiger partial charge < -0.3 is 14.5 Å². The highest BCUT2D eigenvalue weighted by atomic mass is 16.5. The lowest BCUT2D eigenvalue weighted by Crippen LogP contribution is -2.36. The van der Waals surface area contributed by atoms with Crippen molar-refractivity contribution in [1.29, 1.82) is 0 Å². The van der Waals surface area contributed by atoms with E-state index >= 15 is 0 Å². The zero-order chi connectivity index (χ0) is 22.5. The Kier molecular flexibility index (Phi) is 6.55.